The number of hydrogen-bond donors (Lipinski definition) is 0. The normalized spacial score (nSPS) is 18.4. The van der Waals surface area contributed by atoms with Gasteiger partial charge in [0.05, 0.1) is 8.07 Å². The Morgan fingerprint density at radius 2 is 1.64 bits per heavy atom. The van der Waals surface area contributed by atoms with E-state index in [4.69, 9.17) is 20.1 Å². The number of fused-ring (bicyclic) bond motifs is 1. The van der Waals surface area contributed by atoms with Crippen molar-refractivity contribution >= 4 is 28.2 Å². The number of aromatic nitrogens is 1. The molecule has 0 fully saturated rings. The van der Waals surface area contributed by atoms with E-state index in [2.05, 4.69) is 61.0 Å². The summed E-state index contributed by atoms with van der Waals surface area (Å²) in [6, 6.07) is 15.4. The summed E-state index contributed by atoms with van der Waals surface area (Å²) in [5.41, 5.74) is 5.30. The average Bonchev–Trinajstić information content (AvgIpc) is 2.94. The Kier molecular flexibility index (Phi) is 9.78. The summed E-state index contributed by atoms with van der Waals surface area (Å²) in [7, 11) is 8.51. The molecule has 0 amide bonds. The summed E-state index contributed by atoms with van der Waals surface area (Å²) < 4.78 is 0. The maximum absolute atomic E-state index is 4.83. The molecule has 1 aromatic carbocycles. The van der Waals surface area contributed by atoms with E-state index < -0.39 is 8.07 Å². The molecule has 0 aliphatic heterocycles. The Balaban J connectivity index is 0.000000730. The fourth-order valence-corrected chi connectivity index (χ4v) is 5.89. The average molecular weight is 433 g/mol. The van der Waals surface area contributed by atoms with E-state index in [9.17, 15) is 0 Å². The first kappa shape index (κ1) is 22.7. The van der Waals surface area contributed by atoms with Gasteiger partial charge in [0, 0.05) is 11.9 Å². The van der Waals surface area contributed by atoms with Crippen molar-refractivity contribution in [2.45, 2.75) is 50.4 Å². The van der Waals surface area contributed by atoms with Crippen LogP contribution in [0.5, 0.6) is 0 Å². The van der Waals surface area contributed by atoms with E-state index >= 15 is 0 Å². The van der Waals surface area contributed by atoms with Crippen LogP contribution in [0.1, 0.15) is 41.1 Å². The zero-order valence-electron chi connectivity index (χ0n) is 15.5. The monoisotopic (exact) mass is 432 g/mol. The van der Waals surface area contributed by atoms with Crippen LogP contribution in [0.3, 0.4) is 0 Å². The number of aryl methyl sites for hydroxylation is 1. The summed E-state index contributed by atoms with van der Waals surface area (Å²) in [6.45, 7) is 7.53. The number of nitrogens with zero attached hydrogens (tertiary/aromatic N) is 1. The van der Waals surface area contributed by atoms with Crippen LogP contribution >= 0.6 is 20.1 Å². The number of hydrogen-bond acceptors (Lipinski definition) is 1. The molecule has 5 heteroatoms. The molecule has 1 nitrogen and oxygen atoms in total. The minimum absolute atomic E-state index is 0. The van der Waals surface area contributed by atoms with Crippen LogP contribution in [0.15, 0.2) is 48.7 Å². The number of benzene rings is 1. The van der Waals surface area contributed by atoms with Crippen molar-refractivity contribution in [3.05, 3.63) is 72.9 Å². The van der Waals surface area contributed by atoms with Crippen LogP contribution in [0, 0.1) is 7.43 Å². The van der Waals surface area contributed by atoms with Crippen LogP contribution in [-0.4, -0.2) is 13.1 Å². The molecule has 25 heavy (non-hydrogen) atoms. The summed E-state index contributed by atoms with van der Waals surface area (Å²) in [6.07, 6.45) is 5.58. The molecule has 1 aliphatic carbocycles. The first-order chi connectivity index (χ1) is 11.5. The Bertz CT molecular complexity index is 631. The zero-order valence-corrected chi connectivity index (χ0v) is 19.3. The molecule has 0 spiro atoms. The van der Waals surface area contributed by atoms with Gasteiger partial charge in [0.25, 0.3) is 0 Å². The molecule has 0 N–H and O–H groups in total. The van der Waals surface area contributed by atoms with Crippen LogP contribution in [-0.2, 0) is 19.8 Å². The van der Waals surface area contributed by atoms with Gasteiger partial charge >= 0.3 is 33.5 Å². The molecule has 0 bridgehead atoms. The molecule has 1 aliphatic rings. The standard InChI is InChI=1S/C19H25NSi.CH3.2ClH.Cr/c1-21(2,3)19-14-15(17-9-4-5-10-18(17)19)11-12-16-8-6-7-13-20-16;;;;/h4-10,13,15,19H,11-12,14H2,1-3H3;1H3;2*1H;/q;-1;;;+3/p-2. The quantitative estimate of drug-likeness (QED) is 0.374. The molecule has 1 aromatic heterocycles. The second-order valence-corrected chi connectivity index (χ2v) is 14.9. The van der Waals surface area contributed by atoms with Gasteiger partial charge in [-0.2, -0.15) is 0 Å². The zero-order chi connectivity index (χ0) is 17.6. The maximum atomic E-state index is 4.83. The molecule has 0 saturated heterocycles. The van der Waals surface area contributed by atoms with Crippen molar-refractivity contribution in [2.24, 2.45) is 0 Å². The van der Waals surface area contributed by atoms with E-state index in [1.54, 1.807) is 11.1 Å². The van der Waals surface area contributed by atoms with Crippen molar-refractivity contribution < 1.29 is 13.4 Å². The Labute approximate surface area is 169 Å². The van der Waals surface area contributed by atoms with Crippen LogP contribution in [0.4, 0.5) is 0 Å². The molecule has 2 atom stereocenters. The fourth-order valence-electron chi connectivity index (χ4n) is 3.70. The van der Waals surface area contributed by atoms with Gasteiger partial charge < -0.3 is 7.43 Å². The third-order valence-electron chi connectivity index (χ3n) is 4.85. The van der Waals surface area contributed by atoms with Gasteiger partial charge in [-0.3, -0.25) is 4.98 Å². The van der Waals surface area contributed by atoms with Crippen LogP contribution in [0.2, 0.25) is 19.6 Å². The predicted octanol–water partition coefficient (Wildman–Crippen LogP) is 6.99. The van der Waals surface area contributed by atoms with Gasteiger partial charge in [0.15, 0.2) is 0 Å². The molecular weight excluding hydrogens is 405 g/mol. The molecule has 1 heterocycles. The van der Waals surface area contributed by atoms with Gasteiger partial charge in [-0.15, -0.1) is 0 Å². The van der Waals surface area contributed by atoms with Gasteiger partial charge in [-0.25, -0.2) is 0 Å². The van der Waals surface area contributed by atoms with Crippen LogP contribution < -0.4 is 0 Å². The fraction of sp³-hybridized carbons (Fsp3) is 0.400. The van der Waals surface area contributed by atoms with Crippen molar-refractivity contribution in [3.63, 3.8) is 0 Å². The molecule has 0 radical (unpaired) electrons. The third kappa shape index (κ3) is 6.42. The van der Waals surface area contributed by atoms with Gasteiger partial charge in [0.1, 0.15) is 0 Å². The van der Waals surface area contributed by atoms with Gasteiger partial charge in [-0.05, 0) is 54.0 Å². The molecule has 2 unspecified atom stereocenters. The number of rotatable bonds is 4. The second kappa shape index (κ2) is 10.8. The molecular formula is C20H28Cl2CrNSi. The first-order valence-electron chi connectivity index (χ1n) is 8.35. The Morgan fingerprint density at radius 1 is 1.04 bits per heavy atom. The first-order valence-corrected chi connectivity index (χ1v) is 15.4. The van der Waals surface area contributed by atoms with E-state index in [1.807, 2.05) is 12.3 Å². The van der Waals surface area contributed by atoms with E-state index in [0.717, 1.165) is 17.9 Å². The molecule has 0 saturated carbocycles. The SMILES string of the molecule is C[Si](C)(C)C1CC(CCc2ccccn2)c2ccccc21.[CH3-].[Cl][Cr+][Cl]. The Morgan fingerprint density at radius 3 is 2.20 bits per heavy atom. The van der Waals surface area contributed by atoms with Crippen molar-refractivity contribution in [3.8, 4) is 0 Å². The molecule has 2 aromatic rings. The van der Waals surface area contributed by atoms with Crippen molar-refractivity contribution in [1.29, 1.82) is 0 Å². The van der Waals surface area contributed by atoms with Gasteiger partial charge in [0.2, 0.25) is 0 Å². The number of halogens is 2. The third-order valence-corrected chi connectivity index (χ3v) is 7.49. The summed E-state index contributed by atoms with van der Waals surface area (Å²) in [4.78, 5) is 4.47. The molecule has 137 valence electrons. The van der Waals surface area contributed by atoms with Gasteiger partial charge in [-0.1, -0.05) is 50.0 Å². The van der Waals surface area contributed by atoms with E-state index in [1.165, 1.54) is 18.5 Å². The summed E-state index contributed by atoms with van der Waals surface area (Å²) in [5, 5.41) is 0. The number of pyridine rings is 1. The minimum atomic E-state index is -1.14. The second-order valence-electron chi connectivity index (χ2n) is 7.40. The predicted molar refractivity (Wildman–Crippen MR) is 111 cm³/mol. The topological polar surface area (TPSA) is 12.9 Å². The van der Waals surface area contributed by atoms with E-state index in [-0.39, 0.29) is 20.8 Å². The summed E-state index contributed by atoms with van der Waals surface area (Å²) >= 11 is -0.181. The van der Waals surface area contributed by atoms with Crippen molar-refractivity contribution in [2.75, 3.05) is 0 Å². The summed E-state index contributed by atoms with van der Waals surface area (Å²) in [5.74, 6) is 0.722. The van der Waals surface area contributed by atoms with Crippen LogP contribution in [0.25, 0.3) is 0 Å². The Hall–Kier alpha value is -0.301. The van der Waals surface area contributed by atoms with E-state index in [0.29, 0.717) is 0 Å². The van der Waals surface area contributed by atoms with Crippen molar-refractivity contribution in [1.82, 2.24) is 4.98 Å². The molecule has 3 rings (SSSR count).